The molecule has 2 rings (SSSR count). The maximum absolute atomic E-state index is 11.1. The molecule has 1 aromatic carbocycles. The number of rotatable bonds is 1. The van der Waals surface area contributed by atoms with Crippen LogP contribution < -0.4 is 5.32 Å². The number of Topliss-reactive ketones (excluding diaryl/α,β-unsaturated/α-hetero) is 1. The zero-order valence-electron chi connectivity index (χ0n) is 7.41. The lowest BCUT2D eigenvalue weighted by molar-refractivity contribution is -0.116. The highest BCUT2D eigenvalue weighted by atomic mass is 32.2. The minimum atomic E-state index is 0.0786. The van der Waals surface area contributed by atoms with E-state index in [9.17, 15) is 4.79 Å². The Hall–Kier alpha value is -0.960. The number of hydrogen-bond acceptors (Lipinski definition) is 3. The van der Waals surface area contributed by atoms with E-state index < -0.39 is 0 Å². The molecule has 0 bridgehead atoms. The first-order valence-corrected chi connectivity index (χ1v) is 5.15. The second-order valence-corrected chi connectivity index (χ2v) is 4.34. The van der Waals surface area contributed by atoms with Gasteiger partial charge in [0.15, 0.2) is 0 Å². The quantitative estimate of drug-likeness (QED) is 0.741. The van der Waals surface area contributed by atoms with Crippen LogP contribution in [0.15, 0.2) is 29.2 Å². The van der Waals surface area contributed by atoms with Crippen LogP contribution in [0.25, 0.3) is 0 Å². The molecule has 1 heterocycles. The normalized spacial score (nSPS) is 20.2. The zero-order chi connectivity index (χ0) is 9.26. The van der Waals surface area contributed by atoms with Gasteiger partial charge in [-0.3, -0.25) is 4.79 Å². The van der Waals surface area contributed by atoms with Gasteiger partial charge in [-0.25, -0.2) is 0 Å². The lowest BCUT2D eigenvalue weighted by Gasteiger charge is -2.23. The van der Waals surface area contributed by atoms with Gasteiger partial charge in [0.2, 0.25) is 0 Å². The molecule has 0 amide bonds. The number of nitrogens with one attached hydrogen (secondary N) is 1. The zero-order valence-corrected chi connectivity index (χ0v) is 8.23. The summed E-state index contributed by atoms with van der Waals surface area (Å²) in [4.78, 5) is 12.3. The topological polar surface area (TPSA) is 29.1 Å². The van der Waals surface area contributed by atoms with Crippen LogP contribution in [0.2, 0.25) is 0 Å². The van der Waals surface area contributed by atoms with Gasteiger partial charge in [0.25, 0.3) is 0 Å². The Labute approximate surface area is 81.7 Å². The largest absolute Gasteiger partial charge is 0.383 e. The molecule has 3 heteroatoms. The molecule has 0 spiro atoms. The summed E-state index contributed by atoms with van der Waals surface area (Å²) in [5.74, 6) is 0.243. The van der Waals surface area contributed by atoms with Crippen LogP contribution in [0.4, 0.5) is 5.69 Å². The lowest BCUT2D eigenvalue weighted by Crippen LogP contribution is -2.27. The highest BCUT2D eigenvalue weighted by molar-refractivity contribution is 8.00. The van der Waals surface area contributed by atoms with Crippen molar-refractivity contribution in [1.82, 2.24) is 0 Å². The van der Waals surface area contributed by atoms with E-state index in [0.717, 1.165) is 12.2 Å². The molecule has 0 fully saturated rings. The number of ketones is 1. The van der Waals surface area contributed by atoms with Crippen LogP contribution in [0, 0.1) is 0 Å². The Kier molecular flexibility index (Phi) is 2.27. The van der Waals surface area contributed by atoms with E-state index >= 15 is 0 Å². The van der Waals surface area contributed by atoms with Crippen molar-refractivity contribution in [3.8, 4) is 0 Å². The van der Waals surface area contributed by atoms with Crippen LogP contribution in [0.3, 0.4) is 0 Å². The van der Waals surface area contributed by atoms with E-state index in [-0.39, 0.29) is 11.0 Å². The number of fused-ring (bicyclic) bond motifs is 1. The maximum Gasteiger partial charge on any atom is 0.144 e. The van der Waals surface area contributed by atoms with Crippen molar-refractivity contribution >= 4 is 23.2 Å². The number of para-hydroxylation sites is 1. The summed E-state index contributed by atoms with van der Waals surface area (Å²) in [6.45, 7) is 2.39. The van der Waals surface area contributed by atoms with E-state index in [1.54, 1.807) is 18.7 Å². The van der Waals surface area contributed by atoms with Crippen molar-refractivity contribution in [2.24, 2.45) is 0 Å². The predicted octanol–water partition coefficient (Wildman–Crippen LogP) is 2.16. The Bertz CT molecular complexity index is 337. The van der Waals surface area contributed by atoms with Crippen LogP contribution in [-0.4, -0.2) is 17.6 Å². The second kappa shape index (κ2) is 3.42. The molecule has 0 radical (unpaired) electrons. The summed E-state index contributed by atoms with van der Waals surface area (Å²) in [7, 11) is 0. The number of hydrogen-bond donors (Lipinski definition) is 1. The highest BCUT2D eigenvalue weighted by Crippen LogP contribution is 2.34. The van der Waals surface area contributed by atoms with Crippen molar-refractivity contribution < 1.29 is 4.79 Å². The third-order valence-corrected chi connectivity index (χ3v) is 3.48. The lowest BCUT2D eigenvalue weighted by atomic mass is 10.2. The molecule has 1 aliphatic heterocycles. The summed E-state index contributed by atoms with van der Waals surface area (Å²) >= 11 is 1.65. The van der Waals surface area contributed by atoms with Crippen molar-refractivity contribution in [3.63, 3.8) is 0 Å². The molecule has 13 heavy (non-hydrogen) atoms. The average Bonchev–Trinajstić information content (AvgIpc) is 2.17. The summed E-state index contributed by atoms with van der Waals surface area (Å²) in [6, 6.07) is 8.08. The predicted molar refractivity (Wildman–Crippen MR) is 55.3 cm³/mol. The standard InChI is InChI=1S/C10H11NOS/c1-7(12)10-6-11-8-4-2-3-5-9(8)13-10/h2-5,10-11H,6H2,1H3. The molecule has 1 atom stereocenters. The molecule has 68 valence electrons. The molecule has 1 N–H and O–H groups in total. The summed E-state index contributed by atoms with van der Waals surface area (Å²) in [6.07, 6.45) is 0. The van der Waals surface area contributed by atoms with E-state index in [2.05, 4.69) is 5.32 Å². The highest BCUT2D eigenvalue weighted by Gasteiger charge is 2.21. The number of carbonyl (C=O) groups is 1. The molecule has 1 aromatic rings. The summed E-state index contributed by atoms with van der Waals surface area (Å²) in [5.41, 5.74) is 1.14. The van der Waals surface area contributed by atoms with E-state index in [1.165, 1.54) is 4.90 Å². The number of benzene rings is 1. The Balaban J connectivity index is 2.24. The smallest absolute Gasteiger partial charge is 0.144 e. The minimum absolute atomic E-state index is 0.0786. The molecule has 0 aliphatic carbocycles. The van der Waals surface area contributed by atoms with Gasteiger partial charge in [0.05, 0.1) is 5.25 Å². The molecular weight excluding hydrogens is 182 g/mol. The monoisotopic (exact) mass is 193 g/mol. The molecule has 2 nitrogen and oxygen atoms in total. The van der Waals surface area contributed by atoms with Gasteiger partial charge in [0, 0.05) is 17.1 Å². The van der Waals surface area contributed by atoms with Crippen LogP contribution in [-0.2, 0) is 4.79 Å². The van der Waals surface area contributed by atoms with Crippen LogP contribution >= 0.6 is 11.8 Å². The van der Waals surface area contributed by atoms with Gasteiger partial charge in [-0.15, -0.1) is 11.8 Å². The molecule has 1 aliphatic rings. The molecule has 0 saturated carbocycles. The third-order valence-electron chi connectivity index (χ3n) is 2.09. The van der Waals surface area contributed by atoms with Crippen molar-refractivity contribution in [3.05, 3.63) is 24.3 Å². The van der Waals surface area contributed by atoms with Gasteiger partial charge in [-0.05, 0) is 19.1 Å². The SMILES string of the molecule is CC(=O)C1CNc2ccccc2S1. The number of thioether (sulfide) groups is 1. The second-order valence-electron chi connectivity index (χ2n) is 3.09. The van der Waals surface area contributed by atoms with Crippen molar-refractivity contribution in [2.75, 3.05) is 11.9 Å². The first-order chi connectivity index (χ1) is 6.27. The number of carbonyl (C=O) groups excluding carboxylic acids is 1. The molecule has 0 aromatic heterocycles. The first-order valence-electron chi connectivity index (χ1n) is 4.27. The fraction of sp³-hybridized carbons (Fsp3) is 0.300. The first kappa shape index (κ1) is 8.63. The van der Waals surface area contributed by atoms with E-state index in [1.807, 2.05) is 24.3 Å². The van der Waals surface area contributed by atoms with Gasteiger partial charge in [-0.2, -0.15) is 0 Å². The Morgan fingerprint density at radius 1 is 1.54 bits per heavy atom. The maximum atomic E-state index is 11.1. The fourth-order valence-electron chi connectivity index (χ4n) is 1.34. The van der Waals surface area contributed by atoms with Gasteiger partial charge in [0.1, 0.15) is 5.78 Å². The Morgan fingerprint density at radius 3 is 3.08 bits per heavy atom. The van der Waals surface area contributed by atoms with E-state index in [4.69, 9.17) is 0 Å². The average molecular weight is 193 g/mol. The van der Waals surface area contributed by atoms with Crippen LogP contribution in [0.5, 0.6) is 0 Å². The van der Waals surface area contributed by atoms with Gasteiger partial charge >= 0.3 is 0 Å². The van der Waals surface area contributed by atoms with Crippen molar-refractivity contribution in [1.29, 1.82) is 0 Å². The summed E-state index contributed by atoms with van der Waals surface area (Å²) in [5, 5.41) is 3.33. The Morgan fingerprint density at radius 2 is 2.31 bits per heavy atom. The van der Waals surface area contributed by atoms with E-state index in [0.29, 0.717) is 0 Å². The molecular formula is C10H11NOS. The summed E-state index contributed by atoms with van der Waals surface area (Å²) < 4.78 is 0. The molecule has 1 unspecified atom stereocenters. The minimum Gasteiger partial charge on any atom is -0.383 e. The fourth-order valence-corrected chi connectivity index (χ4v) is 2.40. The van der Waals surface area contributed by atoms with Gasteiger partial charge < -0.3 is 5.32 Å². The number of anilines is 1. The van der Waals surface area contributed by atoms with Gasteiger partial charge in [-0.1, -0.05) is 12.1 Å². The van der Waals surface area contributed by atoms with Crippen LogP contribution in [0.1, 0.15) is 6.92 Å². The third kappa shape index (κ3) is 1.70. The molecule has 0 saturated heterocycles. The van der Waals surface area contributed by atoms with Crippen molar-refractivity contribution in [2.45, 2.75) is 17.1 Å².